The minimum absolute atomic E-state index is 0.634. The third-order valence-electron chi connectivity index (χ3n) is 3.08. The van der Waals surface area contributed by atoms with E-state index in [4.69, 9.17) is 0 Å². The molecule has 0 nitrogen and oxygen atoms in total. The smallest absolute Gasteiger partial charge is 0.0231 e. The lowest BCUT2D eigenvalue weighted by Gasteiger charge is -1.99. The summed E-state index contributed by atoms with van der Waals surface area (Å²) in [6, 6.07) is 20.6. The molecule has 0 heterocycles. The Kier molecular flexibility index (Phi) is 7.89. The van der Waals surface area contributed by atoms with Crippen LogP contribution in [-0.4, -0.2) is 0 Å². The number of hydrogen-bond acceptors (Lipinski definition) is 0. The predicted octanol–water partition coefficient (Wildman–Crippen LogP) is 6.47. The Hall–Kier alpha value is -2.08. The van der Waals surface area contributed by atoms with Gasteiger partial charge in [0.05, 0.1) is 0 Å². The minimum atomic E-state index is 0.634. The second kappa shape index (κ2) is 9.77. The zero-order valence-electron chi connectivity index (χ0n) is 13.4. The molecule has 0 fully saturated rings. The average Bonchev–Trinajstić information content (AvgIpc) is 2.54. The molecule has 0 heteroatoms. The second-order valence-corrected chi connectivity index (χ2v) is 5.34. The fraction of sp³-hybridized carbons (Fsp3) is 0.238. The Morgan fingerprint density at radius 3 is 1.95 bits per heavy atom. The van der Waals surface area contributed by atoms with Crippen molar-refractivity contribution in [2.45, 2.75) is 27.2 Å². The van der Waals surface area contributed by atoms with Crippen LogP contribution in [0.5, 0.6) is 0 Å². The first kappa shape index (κ1) is 17.0. The van der Waals surface area contributed by atoms with Crippen molar-refractivity contribution < 1.29 is 0 Å². The zero-order valence-corrected chi connectivity index (χ0v) is 13.4. The summed E-state index contributed by atoms with van der Waals surface area (Å²) < 4.78 is 0. The minimum Gasteiger partial charge on any atom is -0.0952 e. The van der Waals surface area contributed by atoms with Crippen LogP contribution in [0.25, 0.3) is 11.6 Å². The van der Waals surface area contributed by atoms with Crippen LogP contribution in [0.15, 0.2) is 73.3 Å². The van der Waals surface area contributed by atoms with Crippen LogP contribution < -0.4 is 0 Å². The highest BCUT2D eigenvalue weighted by molar-refractivity contribution is 5.62. The Labute approximate surface area is 129 Å². The lowest BCUT2D eigenvalue weighted by molar-refractivity contribution is 0.836. The van der Waals surface area contributed by atoms with Gasteiger partial charge in [-0.2, -0.15) is 0 Å². The van der Waals surface area contributed by atoms with Crippen molar-refractivity contribution in [1.82, 2.24) is 0 Å². The molecule has 2 aromatic rings. The van der Waals surface area contributed by atoms with E-state index in [1.807, 2.05) is 24.3 Å². The van der Waals surface area contributed by atoms with E-state index in [-0.39, 0.29) is 0 Å². The summed E-state index contributed by atoms with van der Waals surface area (Å²) >= 11 is 0. The van der Waals surface area contributed by atoms with Crippen LogP contribution in [0.2, 0.25) is 0 Å². The van der Waals surface area contributed by atoms with Gasteiger partial charge in [0, 0.05) is 0 Å². The quantitative estimate of drug-likeness (QED) is 0.601. The molecule has 0 saturated carbocycles. The molecule has 0 N–H and O–H groups in total. The van der Waals surface area contributed by atoms with Gasteiger partial charge in [-0.05, 0) is 29.0 Å². The van der Waals surface area contributed by atoms with Gasteiger partial charge in [-0.3, -0.25) is 0 Å². The van der Waals surface area contributed by atoms with E-state index in [1.54, 1.807) is 0 Å². The maximum absolute atomic E-state index is 3.94. The first-order valence-corrected chi connectivity index (χ1v) is 7.60. The first-order chi connectivity index (χ1) is 10.1. The highest BCUT2D eigenvalue weighted by Gasteiger charge is 1.91. The van der Waals surface area contributed by atoms with E-state index >= 15 is 0 Å². The van der Waals surface area contributed by atoms with Crippen molar-refractivity contribution in [2.24, 2.45) is 5.92 Å². The Bertz CT molecular complexity index is 533. The van der Waals surface area contributed by atoms with Gasteiger partial charge in [0.15, 0.2) is 0 Å². The fourth-order valence-corrected chi connectivity index (χ4v) is 1.75. The molecule has 2 aromatic carbocycles. The summed E-state index contributed by atoms with van der Waals surface area (Å²) in [6.07, 6.45) is 5.39. The molecular formula is C21H26. The van der Waals surface area contributed by atoms with E-state index in [2.05, 4.69) is 75.9 Å². The molecule has 110 valence electrons. The molecule has 0 aliphatic rings. The van der Waals surface area contributed by atoms with Crippen LogP contribution in [0.4, 0.5) is 0 Å². The molecular weight excluding hydrogens is 252 g/mol. The van der Waals surface area contributed by atoms with Gasteiger partial charge in [-0.15, -0.1) is 0 Å². The summed E-state index contributed by atoms with van der Waals surface area (Å²) in [7, 11) is 0. The number of rotatable bonds is 4. The Morgan fingerprint density at radius 1 is 0.952 bits per heavy atom. The lowest BCUT2D eigenvalue weighted by Crippen LogP contribution is -1.77. The van der Waals surface area contributed by atoms with E-state index in [0.717, 1.165) is 6.42 Å². The molecule has 0 aliphatic carbocycles. The molecule has 21 heavy (non-hydrogen) atoms. The Balaban J connectivity index is 0.000000211. The molecule has 0 aromatic heterocycles. The third kappa shape index (κ3) is 7.31. The number of hydrogen-bond donors (Lipinski definition) is 0. The molecule has 0 amide bonds. The molecule has 0 bridgehead atoms. The molecule has 0 atom stereocenters. The van der Waals surface area contributed by atoms with Gasteiger partial charge in [-0.25, -0.2) is 0 Å². The molecule has 0 unspecified atom stereocenters. The van der Waals surface area contributed by atoms with E-state index in [0.29, 0.717) is 5.92 Å². The van der Waals surface area contributed by atoms with Crippen molar-refractivity contribution in [3.05, 3.63) is 84.4 Å². The highest BCUT2D eigenvalue weighted by atomic mass is 14.0. The van der Waals surface area contributed by atoms with E-state index in [1.165, 1.54) is 16.7 Å². The van der Waals surface area contributed by atoms with Crippen LogP contribution in [0, 0.1) is 5.92 Å². The van der Waals surface area contributed by atoms with Crippen LogP contribution in [0.3, 0.4) is 0 Å². The van der Waals surface area contributed by atoms with E-state index in [9.17, 15) is 0 Å². The molecule has 0 saturated heterocycles. The van der Waals surface area contributed by atoms with Crippen molar-refractivity contribution in [3.63, 3.8) is 0 Å². The third-order valence-corrected chi connectivity index (χ3v) is 3.08. The second-order valence-electron chi connectivity index (χ2n) is 5.34. The first-order valence-electron chi connectivity index (χ1n) is 7.60. The molecule has 0 spiro atoms. The van der Waals surface area contributed by atoms with Gasteiger partial charge < -0.3 is 0 Å². The normalized spacial score (nSPS) is 10.3. The molecule has 2 rings (SSSR count). The van der Waals surface area contributed by atoms with Gasteiger partial charge in [-0.1, -0.05) is 100 Å². The summed E-state index contributed by atoms with van der Waals surface area (Å²) in [5.41, 5.74) is 3.74. The largest absolute Gasteiger partial charge is 0.0952 e. The summed E-state index contributed by atoms with van der Waals surface area (Å²) in [5.74, 6) is 0.634. The molecule has 0 radical (unpaired) electrons. The van der Waals surface area contributed by atoms with Crippen molar-refractivity contribution >= 4 is 11.6 Å². The number of benzene rings is 2. The maximum Gasteiger partial charge on any atom is -0.0231 e. The summed E-state index contributed by atoms with van der Waals surface area (Å²) in [4.78, 5) is 0. The van der Waals surface area contributed by atoms with Crippen LogP contribution in [0.1, 0.15) is 38.3 Å². The van der Waals surface area contributed by atoms with Gasteiger partial charge in [0.1, 0.15) is 0 Å². The van der Waals surface area contributed by atoms with Gasteiger partial charge in [0.25, 0.3) is 0 Å². The number of allylic oxidation sites excluding steroid dienone is 2. The fourth-order valence-electron chi connectivity index (χ4n) is 1.75. The van der Waals surface area contributed by atoms with E-state index < -0.39 is 0 Å². The summed E-state index contributed by atoms with van der Waals surface area (Å²) in [6.45, 7) is 10.4. The van der Waals surface area contributed by atoms with Crippen molar-refractivity contribution in [2.75, 3.05) is 0 Å². The highest BCUT2D eigenvalue weighted by Crippen LogP contribution is 2.13. The lowest BCUT2D eigenvalue weighted by atomic mass is 10.1. The standard InChI is InChI=1S/C11H14.C10H12/c1-10(2)8-9-11-6-4-3-5-7-11;1-3-9(2)10-7-5-4-6-8-10/h3-10H,1-2H3;4-8H,2-3H2,1H3. The predicted molar refractivity (Wildman–Crippen MR) is 96.1 cm³/mol. The average molecular weight is 278 g/mol. The maximum atomic E-state index is 3.94. The molecule has 0 aliphatic heterocycles. The van der Waals surface area contributed by atoms with Crippen LogP contribution >= 0.6 is 0 Å². The monoisotopic (exact) mass is 278 g/mol. The summed E-state index contributed by atoms with van der Waals surface area (Å²) in [5, 5.41) is 0. The zero-order chi connectivity index (χ0) is 15.5. The SMILES string of the molecule is C=C(CC)c1ccccc1.CC(C)C=Cc1ccccc1. The van der Waals surface area contributed by atoms with Crippen molar-refractivity contribution in [1.29, 1.82) is 0 Å². The van der Waals surface area contributed by atoms with Gasteiger partial charge in [0.2, 0.25) is 0 Å². The topological polar surface area (TPSA) is 0 Å². The Morgan fingerprint density at radius 2 is 1.48 bits per heavy atom. The van der Waals surface area contributed by atoms with Crippen molar-refractivity contribution in [3.8, 4) is 0 Å². The van der Waals surface area contributed by atoms with Crippen LogP contribution in [-0.2, 0) is 0 Å². The van der Waals surface area contributed by atoms with Gasteiger partial charge >= 0.3 is 0 Å².